The minimum atomic E-state index is -5.02. The number of carbonyl (C=O) groups is 1. The topological polar surface area (TPSA) is 101 Å². The maximum atomic E-state index is 13.1. The predicted molar refractivity (Wildman–Crippen MR) is 182 cm³/mol. The lowest BCUT2D eigenvalue weighted by molar-refractivity contribution is -0.180. The second kappa shape index (κ2) is 18.1. The molecule has 14 heteroatoms. The van der Waals surface area contributed by atoms with E-state index in [4.69, 9.17) is 14.2 Å². The molecule has 3 aromatic carbocycles. The van der Waals surface area contributed by atoms with E-state index in [1.54, 1.807) is 18.2 Å². The highest BCUT2D eigenvalue weighted by atomic mass is 19.4. The summed E-state index contributed by atoms with van der Waals surface area (Å²) in [5.74, 6) is 0.129. The minimum Gasteiger partial charge on any atom is -0.463 e. The number of aliphatic hydroxyl groups is 1. The molecule has 1 heterocycles. The number of aryl methyl sites for hydroxylation is 1. The fourth-order valence-electron chi connectivity index (χ4n) is 5.49. The third kappa shape index (κ3) is 13.3. The quantitative estimate of drug-likeness (QED) is 0.0818. The van der Waals surface area contributed by atoms with Crippen LogP contribution in [0, 0.1) is 0 Å². The first-order valence-electron chi connectivity index (χ1n) is 17.0. The number of urea groups is 1. The molecule has 0 saturated heterocycles. The zero-order chi connectivity index (χ0) is 37.1. The molecule has 1 aliphatic heterocycles. The van der Waals surface area contributed by atoms with Crippen LogP contribution in [0.15, 0.2) is 60.7 Å². The molecule has 0 unspecified atom stereocenters. The lowest BCUT2D eigenvalue weighted by Crippen LogP contribution is -2.35. The molecule has 0 aromatic heterocycles. The van der Waals surface area contributed by atoms with Crippen molar-refractivity contribution in [3.8, 4) is 5.75 Å². The summed E-state index contributed by atoms with van der Waals surface area (Å²) in [6.07, 6.45) is -4.29. The second-order valence-electron chi connectivity index (χ2n) is 12.9. The molecule has 280 valence electrons. The number of rotatable bonds is 17. The van der Waals surface area contributed by atoms with Crippen molar-refractivity contribution in [2.75, 3.05) is 36.9 Å². The van der Waals surface area contributed by atoms with Crippen molar-refractivity contribution in [1.82, 2.24) is 5.32 Å². The number of nitrogens with one attached hydrogen (secondary N) is 3. The molecule has 1 aliphatic rings. The maximum Gasteiger partial charge on any atom is 0.416 e. The van der Waals surface area contributed by atoms with Gasteiger partial charge in [-0.25, -0.2) is 4.79 Å². The van der Waals surface area contributed by atoms with Crippen LogP contribution in [-0.4, -0.2) is 43.2 Å². The van der Waals surface area contributed by atoms with Gasteiger partial charge in [-0.1, -0.05) is 31.0 Å². The van der Waals surface area contributed by atoms with Gasteiger partial charge in [-0.2, -0.15) is 26.3 Å². The van der Waals surface area contributed by atoms with Gasteiger partial charge < -0.3 is 35.3 Å². The number of fused-ring (bicyclic) bond motifs is 1. The maximum absolute atomic E-state index is 13.1. The molecular weight excluding hydrogens is 680 g/mol. The molecule has 0 spiro atoms. The van der Waals surface area contributed by atoms with E-state index < -0.39 is 47.1 Å². The van der Waals surface area contributed by atoms with E-state index in [2.05, 4.69) is 16.0 Å². The number of aliphatic hydroxyl groups excluding tert-OH is 1. The van der Waals surface area contributed by atoms with Gasteiger partial charge in [-0.3, -0.25) is 0 Å². The Morgan fingerprint density at radius 1 is 0.843 bits per heavy atom. The van der Waals surface area contributed by atoms with E-state index in [0.717, 1.165) is 67.5 Å². The Balaban J connectivity index is 1.04. The molecule has 0 radical (unpaired) electrons. The van der Waals surface area contributed by atoms with Gasteiger partial charge in [0.15, 0.2) is 0 Å². The highest BCUT2D eigenvalue weighted by Gasteiger charge is 2.37. The molecule has 4 rings (SSSR count). The number of halogens is 6. The first kappa shape index (κ1) is 39.9. The number of anilines is 2. The van der Waals surface area contributed by atoms with Gasteiger partial charge in [-0.05, 0) is 92.2 Å². The average molecular weight is 726 g/mol. The summed E-state index contributed by atoms with van der Waals surface area (Å²) in [6, 6.07) is 12.5. The van der Waals surface area contributed by atoms with Crippen LogP contribution in [0.5, 0.6) is 5.75 Å². The van der Waals surface area contributed by atoms with Gasteiger partial charge in [0.25, 0.3) is 0 Å². The molecule has 4 N–H and O–H groups in total. The first-order chi connectivity index (χ1) is 24.1. The zero-order valence-electron chi connectivity index (χ0n) is 28.7. The van der Waals surface area contributed by atoms with Gasteiger partial charge in [0.1, 0.15) is 5.75 Å². The van der Waals surface area contributed by atoms with Gasteiger partial charge in [-0.15, -0.1) is 0 Å². The summed E-state index contributed by atoms with van der Waals surface area (Å²) in [7, 11) is 0. The second-order valence-corrected chi connectivity index (χ2v) is 12.9. The summed E-state index contributed by atoms with van der Waals surface area (Å²) in [5, 5.41) is 18.4. The van der Waals surface area contributed by atoms with Crippen LogP contribution in [0.1, 0.15) is 86.3 Å². The molecule has 1 atom stereocenters. The number of hydrogen-bond donors (Lipinski definition) is 4. The van der Waals surface area contributed by atoms with Crippen molar-refractivity contribution in [2.45, 2.75) is 89.6 Å². The summed E-state index contributed by atoms with van der Waals surface area (Å²) in [4.78, 5) is 12.4. The van der Waals surface area contributed by atoms with E-state index in [-0.39, 0.29) is 6.07 Å². The lowest BCUT2D eigenvalue weighted by atomic mass is 10.0. The van der Waals surface area contributed by atoms with E-state index in [9.17, 15) is 36.2 Å². The Labute approximate surface area is 293 Å². The zero-order valence-corrected chi connectivity index (χ0v) is 28.7. The number of amides is 2. The molecule has 8 nitrogen and oxygen atoms in total. The number of carbonyl (C=O) groups excluding carboxylic acids is 1. The Morgan fingerprint density at radius 2 is 1.51 bits per heavy atom. The molecule has 0 saturated carbocycles. The fourth-order valence-corrected chi connectivity index (χ4v) is 5.49. The van der Waals surface area contributed by atoms with Crippen LogP contribution in [0.4, 0.5) is 42.5 Å². The molecule has 0 bridgehead atoms. The van der Waals surface area contributed by atoms with E-state index in [1.165, 1.54) is 0 Å². The van der Waals surface area contributed by atoms with Crippen molar-refractivity contribution < 1.29 is 50.5 Å². The van der Waals surface area contributed by atoms with Crippen LogP contribution in [0.25, 0.3) is 0 Å². The van der Waals surface area contributed by atoms with Crippen LogP contribution >= 0.6 is 0 Å². The van der Waals surface area contributed by atoms with E-state index in [1.807, 2.05) is 38.1 Å². The predicted octanol–water partition coefficient (Wildman–Crippen LogP) is 9.24. The minimum absolute atomic E-state index is 0.000845. The molecular formula is C37H45F6N3O5. The number of hydrogen-bond acceptors (Lipinski definition) is 6. The average Bonchev–Trinajstić information content (AvgIpc) is 3.05. The van der Waals surface area contributed by atoms with Crippen molar-refractivity contribution in [3.63, 3.8) is 0 Å². The van der Waals surface area contributed by atoms with E-state index in [0.29, 0.717) is 50.6 Å². The lowest BCUT2D eigenvalue weighted by Gasteiger charge is -2.33. The van der Waals surface area contributed by atoms with Crippen molar-refractivity contribution in [2.24, 2.45) is 0 Å². The molecule has 0 fully saturated rings. The Morgan fingerprint density at radius 3 is 2.22 bits per heavy atom. The van der Waals surface area contributed by atoms with Crippen LogP contribution in [-0.2, 0) is 34.9 Å². The highest BCUT2D eigenvalue weighted by Crippen LogP contribution is 2.38. The summed E-state index contributed by atoms with van der Waals surface area (Å²) in [5.41, 5.74) is -0.661. The van der Waals surface area contributed by atoms with Crippen molar-refractivity contribution in [1.29, 1.82) is 0 Å². The Kier molecular flexibility index (Phi) is 14.1. The number of unbranched alkanes of at least 4 members (excludes halogenated alkanes) is 4. The SMILES string of the molecule is CC1(C)OCc2cc([C@H](O)CNCCCCCCOCCCCc3cccc(NC(=O)Nc4cc(C(F)(F)F)cc(C(F)(F)F)c4)c3)ccc2O1. The smallest absolute Gasteiger partial charge is 0.416 e. The normalized spacial score (nSPS) is 14.8. The monoisotopic (exact) mass is 725 g/mol. The summed E-state index contributed by atoms with van der Waals surface area (Å²) < 4.78 is 95.9. The largest absolute Gasteiger partial charge is 0.463 e. The number of benzene rings is 3. The summed E-state index contributed by atoms with van der Waals surface area (Å²) in [6.45, 7) is 6.72. The molecule has 51 heavy (non-hydrogen) atoms. The number of ether oxygens (including phenoxy) is 3. The standard InChI is InChI=1S/C37H45F6N3O5/c1-35(2)50-24-27-19-26(13-14-33(27)51-35)32(47)23-44-15-6-3-4-7-16-49-17-8-5-10-25-11-9-12-30(18-25)45-34(48)46-31-21-28(36(38,39)40)20-29(22-31)37(41,42)43/h9,11-14,18-22,32,44,47H,3-8,10,15-17,23-24H2,1-2H3,(H2,45,46,48)/t32-/m1/s1. The Hall–Kier alpha value is -3.85. The molecule has 0 aliphatic carbocycles. The summed E-state index contributed by atoms with van der Waals surface area (Å²) >= 11 is 0. The third-order valence-corrected chi connectivity index (χ3v) is 8.16. The van der Waals surface area contributed by atoms with Gasteiger partial charge in [0.05, 0.1) is 23.8 Å². The first-order valence-corrected chi connectivity index (χ1v) is 17.0. The number of alkyl halides is 6. The van der Waals surface area contributed by atoms with Crippen LogP contribution in [0.3, 0.4) is 0 Å². The molecule has 2 amide bonds. The van der Waals surface area contributed by atoms with Crippen molar-refractivity contribution >= 4 is 17.4 Å². The highest BCUT2D eigenvalue weighted by molar-refractivity contribution is 5.99. The van der Waals surface area contributed by atoms with Crippen molar-refractivity contribution in [3.05, 3.63) is 88.5 Å². The van der Waals surface area contributed by atoms with Gasteiger partial charge >= 0.3 is 18.4 Å². The van der Waals surface area contributed by atoms with E-state index >= 15 is 0 Å². The molecule has 3 aromatic rings. The van der Waals surface area contributed by atoms with Crippen LogP contribution < -0.4 is 20.7 Å². The van der Waals surface area contributed by atoms with Crippen LogP contribution in [0.2, 0.25) is 0 Å². The Bertz CT molecular complexity index is 1550. The van der Waals surface area contributed by atoms with Gasteiger partial charge in [0.2, 0.25) is 5.79 Å². The van der Waals surface area contributed by atoms with Gasteiger partial charge in [0, 0.05) is 50.5 Å². The fraction of sp³-hybridized carbons (Fsp3) is 0.486. The third-order valence-electron chi connectivity index (χ3n) is 8.16.